The van der Waals surface area contributed by atoms with Gasteiger partial charge < -0.3 is 9.90 Å². The van der Waals surface area contributed by atoms with Crippen LogP contribution in [0, 0.1) is 5.82 Å². The summed E-state index contributed by atoms with van der Waals surface area (Å²) in [5.41, 5.74) is -0.910. The molecule has 2 nitrogen and oxygen atoms in total. The summed E-state index contributed by atoms with van der Waals surface area (Å²) in [5, 5.41) is 9.66. The topological polar surface area (TPSA) is 37.3 Å². The van der Waals surface area contributed by atoms with Gasteiger partial charge in [-0.1, -0.05) is 17.7 Å². The third kappa shape index (κ3) is 2.79. The number of aliphatic hydroxyl groups is 1. The number of carbonyl (C=O) groups is 1. The normalized spacial score (nSPS) is 14.9. The van der Waals surface area contributed by atoms with Crippen LogP contribution >= 0.6 is 11.6 Å². The minimum absolute atomic E-state index is 0.0790. The number of halogens is 2. The van der Waals surface area contributed by atoms with Gasteiger partial charge in [-0.3, -0.25) is 0 Å². The molecule has 14 heavy (non-hydrogen) atoms. The van der Waals surface area contributed by atoms with Crippen LogP contribution in [0.4, 0.5) is 4.39 Å². The lowest BCUT2D eigenvalue weighted by Gasteiger charge is -2.16. The molecule has 0 aromatic heterocycles. The van der Waals surface area contributed by atoms with E-state index in [0.29, 0.717) is 11.8 Å². The molecule has 1 unspecified atom stereocenters. The van der Waals surface area contributed by atoms with Gasteiger partial charge in [0, 0.05) is 11.4 Å². The van der Waals surface area contributed by atoms with Crippen molar-refractivity contribution in [2.24, 2.45) is 0 Å². The Kier molecular flexibility index (Phi) is 3.24. The minimum Gasteiger partial charge on any atom is -0.382 e. The molecule has 0 amide bonds. The lowest BCUT2D eigenvalue weighted by molar-refractivity contribution is -0.122. The Morgan fingerprint density at radius 3 is 2.79 bits per heavy atom. The molecule has 1 atom stereocenters. The molecular formula is C10H10ClFO2. The molecule has 0 heterocycles. The van der Waals surface area contributed by atoms with E-state index in [1.54, 1.807) is 0 Å². The van der Waals surface area contributed by atoms with E-state index in [0.717, 1.165) is 6.07 Å². The van der Waals surface area contributed by atoms with Crippen molar-refractivity contribution in [2.75, 3.05) is 0 Å². The van der Waals surface area contributed by atoms with Crippen LogP contribution in [0.5, 0.6) is 0 Å². The van der Waals surface area contributed by atoms with Gasteiger partial charge in [0.05, 0.1) is 0 Å². The van der Waals surface area contributed by atoms with Crippen LogP contribution in [0.15, 0.2) is 18.2 Å². The number of hydrogen-bond donors (Lipinski definition) is 1. The van der Waals surface area contributed by atoms with Crippen LogP contribution in [0.2, 0.25) is 5.02 Å². The summed E-state index contributed by atoms with van der Waals surface area (Å²) in [7, 11) is 0. The second-order valence-corrected chi connectivity index (χ2v) is 3.79. The first kappa shape index (κ1) is 11.1. The number of benzene rings is 1. The molecule has 0 fully saturated rings. The summed E-state index contributed by atoms with van der Waals surface area (Å²) >= 11 is 5.73. The van der Waals surface area contributed by atoms with Crippen LogP contribution in [-0.2, 0) is 11.2 Å². The van der Waals surface area contributed by atoms with E-state index in [2.05, 4.69) is 0 Å². The maximum absolute atomic E-state index is 12.6. The fraction of sp³-hybridized carbons (Fsp3) is 0.300. The summed E-state index contributed by atoms with van der Waals surface area (Å²) in [4.78, 5) is 10.4. The number of aldehydes is 1. The molecule has 4 heteroatoms. The van der Waals surface area contributed by atoms with E-state index < -0.39 is 11.4 Å². The van der Waals surface area contributed by atoms with Gasteiger partial charge in [-0.05, 0) is 24.6 Å². The van der Waals surface area contributed by atoms with Crippen molar-refractivity contribution in [3.05, 3.63) is 34.6 Å². The summed E-state index contributed by atoms with van der Waals surface area (Å²) < 4.78 is 12.6. The highest BCUT2D eigenvalue weighted by atomic mass is 35.5. The zero-order chi connectivity index (χ0) is 10.8. The predicted octanol–water partition coefficient (Wildman–Crippen LogP) is 1.97. The quantitative estimate of drug-likeness (QED) is 0.785. The zero-order valence-electron chi connectivity index (χ0n) is 7.63. The van der Waals surface area contributed by atoms with Crippen LogP contribution in [-0.4, -0.2) is 17.0 Å². The van der Waals surface area contributed by atoms with Crippen molar-refractivity contribution in [2.45, 2.75) is 18.9 Å². The van der Waals surface area contributed by atoms with Crippen molar-refractivity contribution in [3.63, 3.8) is 0 Å². The van der Waals surface area contributed by atoms with Crippen molar-refractivity contribution >= 4 is 17.9 Å². The Labute approximate surface area is 86.3 Å². The molecule has 0 bridgehead atoms. The van der Waals surface area contributed by atoms with Crippen molar-refractivity contribution in [3.8, 4) is 0 Å². The van der Waals surface area contributed by atoms with Gasteiger partial charge in [0.15, 0.2) is 6.29 Å². The number of rotatable bonds is 3. The van der Waals surface area contributed by atoms with E-state index in [4.69, 9.17) is 11.6 Å². The molecule has 0 aliphatic carbocycles. The maximum Gasteiger partial charge on any atom is 0.151 e. The number of hydrogen-bond acceptors (Lipinski definition) is 2. The lowest BCUT2D eigenvalue weighted by Crippen LogP contribution is -2.28. The van der Waals surface area contributed by atoms with Crippen LogP contribution in [0.1, 0.15) is 12.5 Å². The Bertz CT molecular complexity index is 350. The van der Waals surface area contributed by atoms with Crippen LogP contribution in [0.3, 0.4) is 0 Å². The molecule has 0 aliphatic heterocycles. The third-order valence-corrected chi connectivity index (χ3v) is 2.17. The molecule has 1 aromatic carbocycles. The van der Waals surface area contributed by atoms with Crippen molar-refractivity contribution in [1.29, 1.82) is 0 Å². The maximum atomic E-state index is 12.6. The molecule has 0 aliphatic rings. The average Bonchev–Trinajstić information content (AvgIpc) is 2.10. The third-order valence-electron chi connectivity index (χ3n) is 1.82. The highest BCUT2D eigenvalue weighted by Gasteiger charge is 2.20. The van der Waals surface area contributed by atoms with Gasteiger partial charge in [0.1, 0.15) is 11.4 Å². The Morgan fingerprint density at radius 1 is 1.64 bits per heavy atom. The lowest BCUT2D eigenvalue weighted by atomic mass is 9.98. The zero-order valence-corrected chi connectivity index (χ0v) is 8.38. The first-order valence-corrected chi connectivity index (χ1v) is 4.45. The molecule has 0 radical (unpaired) electrons. The second kappa shape index (κ2) is 4.07. The monoisotopic (exact) mass is 216 g/mol. The minimum atomic E-state index is -1.46. The van der Waals surface area contributed by atoms with Crippen molar-refractivity contribution in [1.82, 2.24) is 0 Å². The Hall–Kier alpha value is -0.930. The van der Waals surface area contributed by atoms with E-state index in [-0.39, 0.29) is 11.4 Å². The van der Waals surface area contributed by atoms with Crippen molar-refractivity contribution < 1.29 is 14.3 Å². The Morgan fingerprint density at radius 2 is 2.29 bits per heavy atom. The van der Waals surface area contributed by atoms with E-state index in [9.17, 15) is 14.3 Å². The van der Waals surface area contributed by atoms with Gasteiger partial charge in [-0.2, -0.15) is 0 Å². The summed E-state index contributed by atoms with van der Waals surface area (Å²) in [6, 6.07) is 3.84. The highest BCUT2D eigenvalue weighted by molar-refractivity contribution is 6.31. The predicted molar refractivity (Wildman–Crippen MR) is 51.8 cm³/mol. The molecule has 1 rings (SSSR count). The molecule has 0 saturated heterocycles. The van der Waals surface area contributed by atoms with E-state index in [1.165, 1.54) is 19.1 Å². The average molecular weight is 217 g/mol. The highest BCUT2D eigenvalue weighted by Crippen LogP contribution is 2.21. The molecule has 1 aromatic rings. The fourth-order valence-corrected chi connectivity index (χ4v) is 1.33. The van der Waals surface area contributed by atoms with Crippen LogP contribution in [0.25, 0.3) is 0 Å². The smallest absolute Gasteiger partial charge is 0.151 e. The summed E-state index contributed by atoms with van der Waals surface area (Å²) in [5.74, 6) is -0.440. The summed E-state index contributed by atoms with van der Waals surface area (Å²) in [6.07, 6.45) is 0.516. The van der Waals surface area contributed by atoms with E-state index >= 15 is 0 Å². The summed E-state index contributed by atoms with van der Waals surface area (Å²) in [6.45, 7) is 1.37. The molecule has 0 spiro atoms. The Balaban J connectivity index is 2.92. The molecule has 0 saturated carbocycles. The molecule has 76 valence electrons. The molecule has 1 N–H and O–H groups in total. The fourth-order valence-electron chi connectivity index (χ4n) is 1.09. The standard InChI is InChI=1S/C10H10ClFO2/c1-10(14,6-13)5-7-2-3-8(12)4-9(7)11/h2-4,6,14H,5H2,1H3. The molecular weight excluding hydrogens is 207 g/mol. The van der Waals surface area contributed by atoms with Gasteiger partial charge in [0.25, 0.3) is 0 Å². The van der Waals surface area contributed by atoms with Gasteiger partial charge in [-0.25, -0.2) is 4.39 Å². The second-order valence-electron chi connectivity index (χ2n) is 3.39. The van der Waals surface area contributed by atoms with Gasteiger partial charge in [-0.15, -0.1) is 0 Å². The first-order chi connectivity index (χ1) is 6.44. The number of carbonyl (C=O) groups excluding carboxylic acids is 1. The van der Waals surface area contributed by atoms with Crippen LogP contribution < -0.4 is 0 Å². The van der Waals surface area contributed by atoms with Gasteiger partial charge in [0.2, 0.25) is 0 Å². The SMILES string of the molecule is CC(O)(C=O)Cc1ccc(F)cc1Cl. The largest absolute Gasteiger partial charge is 0.382 e. The van der Waals surface area contributed by atoms with Gasteiger partial charge >= 0.3 is 0 Å². The van der Waals surface area contributed by atoms with E-state index in [1.807, 2.05) is 0 Å². The first-order valence-electron chi connectivity index (χ1n) is 4.07.